The number of aromatic nitrogens is 2. The minimum absolute atomic E-state index is 0.582. The summed E-state index contributed by atoms with van der Waals surface area (Å²) in [4.78, 5) is 4.26. The monoisotopic (exact) mass is 243 g/mol. The molecule has 1 fully saturated rings. The summed E-state index contributed by atoms with van der Waals surface area (Å²) in [5.74, 6) is 1.49. The lowest BCUT2D eigenvalue weighted by atomic mass is 10.00. The molecule has 0 atom stereocenters. The van der Waals surface area contributed by atoms with E-state index < -0.39 is 0 Å². The van der Waals surface area contributed by atoms with Gasteiger partial charge in [0, 0.05) is 36.6 Å². The summed E-state index contributed by atoms with van der Waals surface area (Å²) in [5.41, 5.74) is 2.41. The minimum atomic E-state index is 0.582. The van der Waals surface area contributed by atoms with Gasteiger partial charge in [0.2, 0.25) is 0 Å². The molecule has 4 heteroatoms. The topological polar surface area (TPSA) is 39.1 Å². The van der Waals surface area contributed by atoms with Crippen LogP contribution in [0.25, 0.3) is 5.69 Å². The van der Waals surface area contributed by atoms with Crippen LogP contribution in [-0.4, -0.2) is 29.2 Å². The van der Waals surface area contributed by atoms with Crippen molar-refractivity contribution in [3.63, 3.8) is 0 Å². The van der Waals surface area contributed by atoms with Gasteiger partial charge in [0.25, 0.3) is 0 Å². The van der Waals surface area contributed by atoms with Gasteiger partial charge in [0.05, 0.1) is 12.9 Å². The first kappa shape index (κ1) is 11.3. The highest BCUT2D eigenvalue weighted by Crippen LogP contribution is 2.23. The van der Waals surface area contributed by atoms with Crippen LogP contribution >= 0.6 is 0 Å². The van der Waals surface area contributed by atoms with Gasteiger partial charge in [-0.15, -0.1) is 0 Å². The molecule has 0 radical (unpaired) electrons. The lowest BCUT2D eigenvalue weighted by Crippen LogP contribution is -2.40. The lowest BCUT2D eigenvalue weighted by Gasteiger charge is -2.27. The summed E-state index contributed by atoms with van der Waals surface area (Å²) >= 11 is 0. The van der Waals surface area contributed by atoms with Crippen molar-refractivity contribution in [2.45, 2.75) is 12.8 Å². The van der Waals surface area contributed by atoms with Gasteiger partial charge in [-0.1, -0.05) is 0 Å². The molecular weight excluding hydrogens is 226 g/mol. The zero-order valence-electron chi connectivity index (χ0n) is 10.5. The second-order valence-electron chi connectivity index (χ2n) is 4.47. The van der Waals surface area contributed by atoms with E-state index in [0.29, 0.717) is 12.5 Å². The van der Waals surface area contributed by atoms with Crippen LogP contribution < -0.4 is 10.1 Å². The molecule has 1 aliphatic rings. The maximum absolute atomic E-state index is 5.45. The first-order valence-corrected chi connectivity index (χ1v) is 6.34. The van der Waals surface area contributed by atoms with Gasteiger partial charge in [-0.05, 0) is 31.2 Å². The maximum atomic E-state index is 5.45. The van der Waals surface area contributed by atoms with Gasteiger partial charge >= 0.3 is 0 Å². The summed E-state index contributed by atoms with van der Waals surface area (Å²) in [6.07, 6.45) is 3.84. The Hall–Kier alpha value is -1.81. The van der Waals surface area contributed by atoms with Crippen LogP contribution in [0.3, 0.4) is 0 Å². The molecule has 0 amide bonds. The number of ether oxygens (including phenoxy) is 1. The van der Waals surface area contributed by atoms with E-state index in [2.05, 4.69) is 27.0 Å². The Labute approximate surface area is 107 Å². The van der Waals surface area contributed by atoms with E-state index in [1.807, 2.05) is 31.6 Å². The van der Waals surface area contributed by atoms with E-state index in [9.17, 15) is 0 Å². The quantitative estimate of drug-likeness (QED) is 0.892. The number of nitrogens with zero attached hydrogens (tertiary/aromatic N) is 2. The van der Waals surface area contributed by atoms with Crippen molar-refractivity contribution in [3.8, 4) is 11.4 Å². The van der Waals surface area contributed by atoms with Crippen molar-refractivity contribution in [2.24, 2.45) is 0 Å². The standard InChI is InChI=1S/C14H17N3O/c1-2-18-13-5-3-12(4-6-13)17-10-16-9-14(17)11-7-15-8-11/h3-6,9-11,15H,2,7-8H2,1H3. The molecule has 0 bridgehead atoms. The third-order valence-electron chi connectivity index (χ3n) is 3.29. The highest BCUT2D eigenvalue weighted by molar-refractivity contribution is 5.39. The van der Waals surface area contributed by atoms with E-state index >= 15 is 0 Å². The van der Waals surface area contributed by atoms with Crippen molar-refractivity contribution in [1.82, 2.24) is 14.9 Å². The molecule has 1 saturated heterocycles. The van der Waals surface area contributed by atoms with E-state index in [-0.39, 0.29) is 0 Å². The van der Waals surface area contributed by atoms with Crippen LogP contribution in [0.5, 0.6) is 5.75 Å². The average Bonchev–Trinajstić information content (AvgIpc) is 2.77. The first-order valence-electron chi connectivity index (χ1n) is 6.34. The largest absolute Gasteiger partial charge is 0.494 e. The highest BCUT2D eigenvalue weighted by atomic mass is 16.5. The van der Waals surface area contributed by atoms with Crippen molar-refractivity contribution >= 4 is 0 Å². The first-order chi connectivity index (χ1) is 8.88. The molecule has 0 unspecified atom stereocenters. The zero-order chi connectivity index (χ0) is 12.4. The summed E-state index contributed by atoms with van der Waals surface area (Å²) in [6, 6.07) is 8.15. The maximum Gasteiger partial charge on any atom is 0.119 e. The predicted octanol–water partition coefficient (Wildman–Crippen LogP) is 1.96. The Kier molecular flexibility index (Phi) is 3.02. The fourth-order valence-electron chi connectivity index (χ4n) is 2.19. The summed E-state index contributed by atoms with van der Waals surface area (Å²) in [5, 5.41) is 3.29. The Morgan fingerprint density at radius 1 is 1.33 bits per heavy atom. The van der Waals surface area contributed by atoms with Crippen molar-refractivity contribution in [3.05, 3.63) is 42.5 Å². The van der Waals surface area contributed by atoms with Crippen molar-refractivity contribution in [2.75, 3.05) is 19.7 Å². The number of hydrogen-bond acceptors (Lipinski definition) is 3. The molecule has 18 heavy (non-hydrogen) atoms. The average molecular weight is 243 g/mol. The molecular formula is C14H17N3O. The molecule has 4 nitrogen and oxygen atoms in total. The number of nitrogens with one attached hydrogen (secondary N) is 1. The fourth-order valence-corrected chi connectivity index (χ4v) is 2.19. The van der Waals surface area contributed by atoms with Crippen LogP contribution in [0.1, 0.15) is 18.5 Å². The van der Waals surface area contributed by atoms with Crippen LogP contribution in [0.2, 0.25) is 0 Å². The van der Waals surface area contributed by atoms with Crippen LogP contribution in [0.15, 0.2) is 36.8 Å². The van der Waals surface area contributed by atoms with Crippen LogP contribution in [0, 0.1) is 0 Å². The molecule has 1 aromatic carbocycles. The molecule has 0 spiro atoms. The Morgan fingerprint density at radius 2 is 2.11 bits per heavy atom. The molecule has 3 rings (SSSR count). The molecule has 1 aromatic heterocycles. The van der Waals surface area contributed by atoms with E-state index in [1.54, 1.807) is 0 Å². The Morgan fingerprint density at radius 3 is 2.72 bits per heavy atom. The van der Waals surface area contributed by atoms with Gasteiger partial charge in [-0.3, -0.25) is 0 Å². The van der Waals surface area contributed by atoms with E-state index in [1.165, 1.54) is 5.69 Å². The van der Waals surface area contributed by atoms with Crippen molar-refractivity contribution < 1.29 is 4.74 Å². The molecule has 2 heterocycles. The van der Waals surface area contributed by atoms with E-state index in [4.69, 9.17) is 4.74 Å². The zero-order valence-corrected chi connectivity index (χ0v) is 10.5. The third-order valence-corrected chi connectivity index (χ3v) is 3.29. The number of hydrogen-bond donors (Lipinski definition) is 1. The van der Waals surface area contributed by atoms with Crippen LogP contribution in [-0.2, 0) is 0 Å². The van der Waals surface area contributed by atoms with Gasteiger partial charge in [-0.2, -0.15) is 0 Å². The normalized spacial score (nSPS) is 15.4. The Bertz CT molecular complexity index is 514. The summed E-state index contributed by atoms with van der Waals surface area (Å²) < 4.78 is 7.61. The molecule has 1 aliphatic heterocycles. The van der Waals surface area contributed by atoms with Gasteiger partial charge < -0.3 is 14.6 Å². The molecule has 94 valence electrons. The lowest BCUT2D eigenvalue weighted by molar-refractivity contribution is 0.340. The molecule has 2 aromatic rings. The Balaban J connectivity index is 1.87. The molecule has 0 aliphatic carbocycles. The van der Waals surface area contributed by atoms with Crippen molar-refractivity contribution in [1.29, 1.82) is 0 Å². The summed E-state index contributed by atoms with van der Waals surface area (Å²) in [6.45, 7) is 4.78. The second kappa shape index (κ2) is 4.82. The highest BCUT2D eigenvalue weighted by Gasteiger charge is 2.22. The third kappa shape index (κ3) is 1.99. The van der Waals surface area contributed by atoms with Gasteiger partial charge in [0.1, 0.15) is 5.75 Å². The number of rotatable bonds is 4. The van der Waals surface area contributed by atoms with Gasteiger partial charge in [0.15, 0.2) is 0 Å². The smallest absolute Gasteiger partial charge is 0.119 e. The van der Waals surface area contributed by atoms with Crippen LogP contribution in [0.4, 0.5) is 0 Å². The number of benzene rings is 1. The molecule has 1 N–H and O–H groups in total. The van der Waals surface area contributed by atoms with Gasteiger partial charge in [-0.25, -0.2) is 4.98 Å². The van der Waals surface area contributed by atoms with E-state index in [0.717, 1.165) is 24.5 Å². The predicted molar refractivity (Wildman–Crippen MR) is 70.3 cm³/mol. The summed E-state index contributed by atoms with van der Waals surface area (Å²) in [7, 11) is 0. The fraction of sp³-hybridized carbons (Fsp3) is 0.357. The molecule has 0 saturated carbocycles. The second-order valence-corrected chi connectivity index (χ2v) is 4.47. The SMILES string of the molecule is CCOc1ccc(-n2cncc2C2CNC2)cc1. The minimum Gasteiger partial charge on any atom is -0.494 e. The number of imidazole rings is 1.